The van der Waals surface area contributed by atoms with E-state index in [2.05, 4.69) is 33.4 Å². The topological polar surface area (TPSA) is 38.3 Å². The molecule has 0 fully saturated rings. The van der Waals surface area contributed by atoms with Crippen LogP contribution in [0, 0.1) is 5.92 Å². The third-order valence-electron chi connectivity index (χ3n) is 3.48. The molecule has 1 aliphatic carbocycles. The standard InChI is InChI=1S/C15H17BrClNO2/c1-20-15(19)14(10-5-3-2-4-6-10)18-11-7-8-13(17)12(16)9-11/h2-3,7-10,14,18H,4-6H2,1H3. The maximum absolute atomic E-state index is 12.0. The van der Waals surface area contributed by atoms with Crippen LogP contribution in [0.4, 0.5) is 5.69 Å². The van der Waals surface area contributed by atoms with Crippen molar-refractivity contribution in [1.82, 2.24) is 0 Å². The van der Waals surface area contributed by atoms with Gasteiger partial charge in [-0.2, -0.15) is 0 Å². The molecule has 5 heteroatoms. The number of esters is 1. The van der Waals surface area contributed by atoms with Crippen LogP contribution < -0.4 is 5.32 Å². The Morgan fingerprint density at radius 2 is 2.30 bits per heavy atom. The van der Waals surface area contributed by atoms with Gasteiger partial charge < -0.3 is 10.1 Å². The monoisotopic (exact) mass is 357 g/mol. The molecule has 0 radical (unpaired) electrons. The van der Waals surface area contributed by atoms with Crippen molar-refractivity contribution in [1.29, 1.82) is 0 Å². The van der Waals surface area contributed by atoms with Gasteiger partial charge in [-0.3, -0.25) is 0 Å². The van der Waals surface area contributed by atoms with Gasteiger partial charge in [-0.05, 0) is 59.3 Å². The maximum Gasteiger partial charge on any atom is 0.328 e. The number of ether oxygens (including phenoxy) is 1. The predicted octanol–water partition coefficient (Wildman–Crippen LogP) is 4.41. The summed E-state index contributed by atoms with van der Waals surface area (Å²) < 4.78 is 5.73. The lowest BCUT2D eigenvalue weighted by atomic mass is 9.87. The fourth-order valence-corrected chi connectivity index (χ4v) is 2.88. The molecular weight excluding hydrogens is 342 g/mol. The molecule has 1 aliphatic rings. The minimum atomic E-state index is -0.335. The maximum atomic E-state index is 12.0. The highest BCUT2D eigenvalue weighted by molar-refractivity contribution is 9.10. The second-order valence-corrected chi connectivity index (χ2v) is 6.08. The molecule has 1 aromatic rings. The lowest BCUT2D eigenvalue weighted by Gasteiger charge is -2.27. The Balaban J connectivity index is 2.16. The van der Waals surface area contributed by atoms with Gasteiger partial charge in [0.05, 0.1) is 12.1 Å². The number of allylic oxidation sites excluding steroid dienone is 2. The zero-order valence-electron chi connectivity index (χ0n) is 11.2. The van der Waals surface area contributed by atoms with Gasteiger partial charge >= 0.3 is 5.97 Å². The molecule has 2 unspecified atom stereocenters. The number of rotatable bonds is 4. The normalized spacial score (nSPS) is 19.4. The Labute approximate surface area is 132 Å². The van der Waals surface area contributed by atoms with Crippen LogP contribution >= 0.6 is 27.5 Å². The first-order valence-corrected chi connectivity index (χ1v) is 7.73. The van der Waals surface area contributed by atoms with Crippen LogP contribution in [-0.2, 0) is 9.53 Å². The zero-order valence-corrected chi connectivity index (χ0v) is 13.6. The van der Waals surface area contributed by atoms with E-state index in [1.807, 2.05) is 12.1 Å². The SMILES string of the molecule is COC(=O)C(Nc1ccc(Cl)c(Br)c1)C1CC=CCC1. The van der Waals surface area contributed by atoms with Gasteiger partial charge in [-0.1, -0.05) is 23.8 Å². The molecule has 0 saturated carbocycles. The molecule has 108 valence electrons. The van der Waals surface area contributed by atoms with E-state index in [9.17, 15) is 4.79 Å². The van der Waals surface area contributed by atoms with Crippen LogP contribution in [0.25, 0.3) is 0 Å². The first-order chi connectivity index (χ1) is 9.61. The number of hydrogen-bond donors (Lipinski definition) is 1. The quantitative estimate of drug-likeness (QED) is 0.640. The molecular formula is C15H17BrClNO2. The van der Waals surface area contributed by atoms with Gasteiger partial charge in [0.1, 0.15) is 6.04 Å². The molecule has 3 nitrogen and oxygen atoms in total. The third-order valence-corrected chi connectivity index (χ3v) is 4.69. The van der Waals surface area contributed by atoms with Gasteiger partial charge in [0.25, 0.3) is 0 Å². The van der Waals surface area contributed by atoms with Crippen molar-refractivity contribution in [3.8, 4) is 0 Å². The molecule has 2 atom stereocenters. The molecule has 0 aliphatic heterocycles. The summed E-state index contributed by atoms with van der Waals surface area (Å²) in [5, 5.41) is 3.91. The summed E-state index contributed by atoms with van der Waals surface area (Å²) in [5.74, 6) is 0.0262. The molecule has 0 aromatic heterocycles. The number of benzene rings is 1. The average Bonchev–Trinajstić information content (AvgIpc) is 2.48. The van der Waals surface area contributed by atoms with E-state index in [-0.39, 0.29) is 17.9 Å². The van der Waals surface area contributed by atoms with Crippen molar-refractivity contribution in [3.63, 3.8) is 0 Å². The highest BCUT2D eigenvalue weighted by Gasteiger charge is 2.29. The van der Waals surface area contributed by atoms with E-state index in [0.29, 0.717) is 5.02 Å². The van der Waals surface area contributed by atoms with Crippen molar-refractivity contribution in [2.75, 3.05) is 12.4 Å². The molecule has 0 bridgehead atoms. The zero-order chi connectivity index (χ0) is 14.5. The number of carbonyl (C=O) groups is 1. The van der Waals surface area contributed by atoms with Gasteiger partial charge in [0.2, 0.25) is 0 Å². The number of nitrogens with one attached hydrogen (secondary N) is 1. The first kappa shape index (κ1) is 15.4. The van der Waals surface area contributed by atoms with Crippen molar-refractivity contribution in [2.24, 2.45) is 5.92 Å². The number of hydrogen-bond acceptors (Lipinski definition) is 3. The second kappa shape index (κ2) is 7.14. The second-order valence-electron chi connectivity index (χ2n) is 4.82. The number of anilines is 1. The lowest BCUT2D eigenvalue weighted by molar-refractivity contribution is -0.142. The summed E-state index contributed by atoms with van der Waals surface area (Å²) in [7, 11) is 1.42. The minimum absolute atomic E-state index is 0.226. The average molecular weight is 359 g/mol. The van der Waals surface area contributed by atoms with Gasteiger partial charge in [0.15, 0.2) is 0 Å². The molecule has 20 heavy (non-hydrogen) atoms. The minimum Gasteiger partial charge on any atom is -0.467 e. The van der Waals surface area contributed by atoms with E-state index in [1.54, 1.807) is 6.07 Å². The van der Waals surface area contributed by atoms with Gasteiger partial charge in [0, 0.05) is 10.2 Å². The van der Waals surface area contributed by atoms with E-state index in [0.717, 1.165) is 29.4 Å². The van der Waals surface area contributed by atoms with Crippen LogP contribution in [0.2, 0.25) is 5.02 Å². The van der Waals surface area contributed by atoms with E-state index in [4.69, 9.17) is 16.3 Å². The molecule has 2 rings (SSSR count). The fraction of sp³-hybridized carbons (Fsp3) is 0.400. The highest BCUT2D eigenvalue weighted by atomic mass is 79.9. The Morgan fingerprint density at radius 1 is 1.50 bits per heavy atom. The van der Waals surface area contributed by atoms with Crippen LogP contribution in [-0.4, -0.2) is 19.1 Å². The van der Waals surface area contributed by atoms with Crippen molar-refractivity contribution < 1.29 is 9.53 Å². The van der Waals surface area contributed by atoms with Crippen LogP contribution in [0.1, 0.15) is 19.3 Å². The predicted molar refractivity (Wildman–Crippen MR) is 85.1 cm³/mol. The number of carbonyl (C=O) groups excluding carboxylic acids is 1. The van der Waals surface area contributed by atoms with Crippen molar-refractivity contribution in [3.05, 3.63) is 39.8 Å². The highest BCUT2D eigenvalue weighted by Crippen LogP contribution is 2.29. The van der Waals surface area contributed by atoms with Crippen LogP contribution in [0.3, 0.4) is 0 Å². The number of methoxy groups -OCH3 is 1. The molecule has 1 N–H and O–H groups in total. The van der Waals surface area contributed by atoms with E-state index < -0.39 is 0 Å². The summed E-state index contributed by atoms with van der Waals surface area (Å²) in [5.41, 5.74) is 0.853. The van der Waals surface area contributed by atoms with Crippen molar-refractivity contribution >= 4 is 39.2 Å². The first-order valence-electron chi connectivity index (χ1n) is 6.56. The number of halogens is 2. The Hall–Kier alpha value is -1.000. The Morgan fingerprint density at radius 3 is 2.90 bits per heavy atom. The van der Waals surface area contributed by atoms with Gasteiger partial charge in [-0.15, -0.1) is 0 Å². The van der Waals surface area contributed by atoms with Crippen LogP contribution in [0.15, 0.2) is 34.8 Å². The lowest BCUT2D eigenvalue weighted by Crippen LogP contribution is -2.38. The summed E-state index contributed by atoms with van der Waals surface area (Å²) >= 11 is 9.37. The summed E-state index contributed by atoms with van der Waals surface area (Å²) in [6.07, 6.45) is 7.16. The van der Waals surface area contributed by atoms with E-state index >= 15 is 0 Å². The Bertz CT molecular complexity index is 519. The fourth-order valence-electron chi connectivity index (χ4n) is 2.38. The molecule has 0 spiro atoms. The molecule has 0 amide bonds. The molecule has 1 aromatic carbocycles. The van der Waals surface area contributed by atoms with Gasteiger partial charge in [-0.25, -0.2) is 4.79 Å². The van der Waals surface area contributed by atoms with Crippen LogP contribution in [0.5, 0.6) is 0 Å². The summed E-state index contributed by atoms with van der Waals surface area (Å²) in [6.45, 7) is 0. The third kappa shape index (κ3) is 3.76. The summed E-state index contributed by atoms with van der Waals surface area (Å²) in [6, 6.07) is 5.19. The van der Waals surface area contributed by atoms with E-state index in [1.165, 1.54) is 7.11 Å². The summed E-state index contributed by atoms with van der Waals surface area (Å²) in [4.78, 5) is 12.0. The molecule has 0 saturated heterocycles. The Kier molecular flexibility index (Phi) is 5.49. The smallest absolute Gasteiger partial charge is 0.328 e. The largest absolute Gasteiger partial charge is 0.467 e. The van der Waals surface area contributed by atoms with Crippen molar-refractivity contribution in [2.45, 2.75) is 25.3 Å². The molecule has 0 heterocycles.